The van der Waals surface area contributed by atoms with E-state index in [1.54, 1.807) is 49.8 Å². The summed E-state index contributed by atoms with van der Waals surface area (Å²) >= 11 is 0. The molecule has 0 unspecified atom stereocenters. The fraction of sp³-hybridized carbons (Fsp3) is 0.147. The summed E-state index contributed by atoms with van der Waals surface area (Å²) in [5, 5.41) is 4.02. The minimum absolute atomic E-state index is 0.00698. The Balaban J connectivity index is 1.25. The maximum absolute atomic E-state index is 15.3. The summed E-state index contributed by atoms with van der Waals surface area (Å²) in [6.07, 6.45) is 4.69. The van der Waals surface area contributed by atoms with E-state index in [0.29, 0.717) is 51.3 Å². The number of aromatic amines is 1. The highest BCUT2D eigenvalue weighted by Crippen LogP contribution is 2.34. The first-order chi connectivity index (χ1) is 21.2. The molecular weight excluding hydrogens is 566 g/mol. The molecule has 8 nitrogen and oxygen atoms in total. The van der Waals surface area contributed by atoms with Gasteiger partial charge in [-0.05, 0) is 67.9 Å². The van der Waals surface area contributed by atoms with Crippen LogP contribution in [-0.2, 0) is 4.74 Å². The maximum atomic E-state index is 15.3. The number of benzene rings is 3. The van der Waals surface area contributed by atoms with E-state index in [1.807, 2.05) is 19.9 Å². The van der Waals surface area contributed by atoms with Crippen LogP contribution in [0.1, 0.15) is 13.8 Å². The van der Waals surface area contributed by atoms with Crippen molar-refractivity contribution in [2.24, 2.45) is 0 Å². The monoisotopic (exact) mass is 594 g/mol. The van der Waals surface area contributed by atoms with Crippen LogP contribution in [0.25, 0.3) is 32.9 Å². The third-order valence-electron chi connectivity index (χ3n) is 7.18. The summed E-state index contributed by atoms with van der Waals surface area (Å²) in [4.78, 5) is 25.3. The highest BCUT2D eigenvalue weighted by Gasteiger charge is 2.18. The van der Waals surface area contributed by atoms with Crippen LogP contribution in [0, 0.1) is 11.6 Å². The molecule has 3 aromatic carbocycles. The van der Waals surface area contributed by atoms with Crippen LogP contribution in [0.15, 0.2) is 96.2 Å². The standard InChI is InChI=1S/C34H28F2N4O4/c1-34(2,42-3)19-43-23-9-10-24-28(17-23)37-15-13-29(24)44-30-11-8-22(16-26(30)36)40-33-31-27(12-14-38-33)39-18-25(32(31)41)20-4-6-21(35)7-5-20/h4-18H,19H2,1-3H3,(H,38,40)(H,39,41). The lowest BCUT2D eigenvalue weighted by Crippen LogP contribution is -2.30. The maximum Gasteiger partial charge on any atom is 0.200 e. The number of hydrogen-bond donors (Lipinski definition) is 2. The van der Waals surface area contributed by atoms with Crippen molar-refractivity contribution in [3.05, 3.63) is 113 Å². The van der Waals surface area contributed by atoms with E-state index in [4.69, 9.17) is 14.2 Å². The molecular formula is C34H28F2N4O4. The first-order valence-electron chi connectivity index (χ1n) is 13.8. The number of hydrogen-bond acceptors (Lipinski definition) is 7. The molecule has 10 heteroatoms. The number of methoxy groups -OCH3 is 1. The number of nitrogens with one attached hydrogen (secondary N) is 2. The van der Waals surface area contributed by atoms with Gasteiger partial charge in [-0.3, -0.25) is 9.78 Å². The zero-order chi connectivity index (χ0) is 30.8. The number of H-pyrrole nitrogens is 1. The Hall–Kier alpha value is -5.35. The van der Waals surface area contributed by atoms with Crippen LogP contribution in [0.4, 0.5) is 20.3 Å². The average molecular weight is 595 g/mol. The van der Waals surface area contributed by atoms with Gasteiger partial charge in [0.25, 0.3) is 0 Å². The van der Waals surface area contributed by atoms with Crippen LogP contribution in [0.5, 0.6) is 17.2 Å². The van der Waals surface area contributed by atoms with E-state index in [1.165, 1.54) is 42.6 Å². The molecule has 44 heavy (non-hydrogen) atoms. The lowest BCUT2D eigenvalue weighted by atomic mass is 10.0. The van der Waals surface area contributed by atoms with Gasteiger partial charge < -0.3 is 24.5 Å². The summed E-state index contributed by atoms with van der Waals surface area (Å²) < 4.78 is 46.0. The molecule has 0 fully saturated rings. The van der Waals surface area contributed by atoms with Gasteiger partial charge in [-0.25, -0.2) is 13.8 Å². The van der Waals surface area contributed by atoms with Crippen molar-refractivity contribution in [2.45, 2.75) is 19.4 Å². The Morgan fingerprint density at radius 2 is 1.70 bits per heavy atom. The van der Waals surface area contributed by atoms with E-state index in [2.05, 4.69) is 20.3 Å². The number of pyridine rings is 3. The second-order valence-corrected chi connectivity index (χ2v) is 10.7. The molecule has 0 aliphatic rings. The average Bonchev–Trinajstić information content (AvgIpc) is 3.02. The van der Waals surface area contributed by atoms with Gasteiger partial charge in [-0.2, -0.15) is 0 Å². The fourth-order valence-electron chi connectivity index (χ4n) is 4.61. The van der Waals surface area contributed by atoms with Gasteiger partial charge in [0.05, 0.1) is 22.0 Å². The third-order valence-corrected chi connectivity index (χ3v) is 7.18. The van der Waals surface area contributed by atoms with Gasteiger partial charge in [0.15, 0.2) is 11.6 Å². The number of nitrogens with zero attached hydrogens (tertiary/aromatic N) is 2. The Morgan fingerprint density at radius 1 is 0.909 bits per heavy atom. The minimum Gasteiger partial charge on any atom is -0.491 e. The lowest BCUT2D eigenvalue weighted by molar-refractivity contribution is -0.0146. The number of rotatable bonds is 9. The first kappa shape index (κ1) is 28.8. The van der Waals surface area contributed by atoms with Crippen molar-refractivity contribution in [3.63, 3.8) is 0 Å². The fourth-order valence-corrected chi connectivity index (χ4v) is 4.61. The Kier molecular flexibility index (Phi) is 7.67. The van der Waals surface area contributed by atoms with Crippen molar-refractivity contribution in [3.8, 4) is 28.4 Å². The van der Waals surface area contributed by atoms with Crippen LogP contribution in [-0.4, -0.2) is 34.3 Å². The van der Waals surface area contributed by atoms with Gasteiger partial charge in [0.2, 0.25) is 5.43 Å². The molecule has 0 amide bonds. The quantitative estimate of drug-likeness (QED) is 0.177. The molecule has 0 bridgehead atoms. The molecule has 6 rings (SSSR count). The highest BCUT2D eigenvalue weighted by molar-refractivity contribution is 5.93. The molecule has 0 aliphatic heterocycles. The van der Waals surface area contributed by atoms with Crippen molar-refractivity contribution in [1.82, 2.24) is 15.0 Å². The summed E-state index contributed by atoms with van der Waals surface area (Å²) in [7, 11) is 1.63. The molecule has 6 aromatic rings. The third kappa shape index (κ3) is 5.93. The molecule has 0 spiro atoms. The molecule has 0 saturated carbocycles. The number of fused-ring (bicyclic) bond motifs is 2. The SMILES string of the molecule is COC(C)(C)COc1ccc2c(Oc3ccc(Nc4nccc5[nH]cc(-c6ccc(F)cc6)c(=O)c45)cc3F)ccnc2c1. The number of aromatic nitrogens is 3. The van der Waals surface area contributed by atoms with E-state index in [-0.39, 0.29) is 22.4 Å². The zero-order valence-corrected chi connectivity index (χ0v) is 24.2. The predicted octanol–water partition coefficient (Wildman–Crippen LogP) is 7.76. The van der Waals surface area contributed by atoms with E-state index >= 15 is 4.39 Å². The number of ether oxygens (including phenoxy) is 3. The molecule has 0 radical (unpaired) electrons. The molecule has 3 heterocycles. The minimum atomic E-state index is -0.622. The van der Waals surface area contributed by atoms with Gasteiger partial charge in [-0.15, -0.1) is 0 Å². The summed E-state index contributed by atoms with van der Waals surface area (Å²) in [5.41, 5.74) is 1.69. The highest BCUT2D eigenvalue weighted by atomic mass is 19.1. The predicted molar refractivity (Wildman–Crippen MR) is 166 cm³/mol. The van der Waals surface area contributed by atoms with Crippen molar-refractivity contribution < 1.29 is 23.0 Å². The number of halogens is 2. The Bertz CT molecular complexity index is 2050. The second kappa shape index (κ2) is 11.7. The van der Waals surface area contributed by atoms with E-state index < -0.39 is 17.2 Å². The molecule has 2 N–H and O–H groups in total. The summed E-state index contributed by atoms with van der Waals surface area (Å²) in [6.45, 7) is 4.21. The number of anilines is 2. The van der Waals surface area contributed by atoms with E-state index in [0.717, 1.165) is 0 Å². The normalized spacial score (nSPS) is 11.6. The van der Waals surface area contributed by atoms with Gasteiger partial charge >= 0.3 is 0 Å². The van der Waals surface area contributed by atoms with Crippen LogP contribution >= 0.6 is 0 Å². The van der Waals surface area contributed by atoms with Gasteiger partial charge in [0.1, 0.15) is 29.7 Å². The molecule has 0 saturated heterocycles. The zero-order valence-electron chi connectivity index (χ0n) is 24.2. The molecule has 3 aromatic heterocycles. The topological polar surface area (TPSA) is 98.4 Å². The van der Waals surface area contributed by atoms with Crippen molar-refractivity contribution in [2.75, 3.05) is 19.0 Å². The molecule has 222 valence electrons. The Morgan fingerprint density at radius 3 is 2.48 bits per heavy atom. The van der Waals surface area contributed by atoms with E-state index in [9.17, 15) is 9.18 Å². The van der Waals surface area contributed by atoms with Crippen LogP contribution in [0.2, 0.25) is 0 Å². The lowest BCUT2D eigenvalue weighted by Gasteiger charge is -2.23. The Labute approximate surface area is 251 Å². The molecule has 0 atom stereocenters. The van der Waals surface area contributed by atoms with Gasteiger partial charge in [0, 0.05) is 54.5 Å². The van der Waals surface area contributed by atoms with Crippen molar-refractivity contribution in [1.29, 1.82) is 0 Å². The van der Waals surface area contributed by atoms with Gasteiger partial charge in [-0.1, -0.05) is 12.1 Å². The smallest absolute Gasteiger partial charge is 0.200 e. The first-order valence-corrected chi connectivity index (χ1v) is 13.8. The van der Waals surface area contributed by atoms with Crippen LogP contribution < -0.4 is 20.2 Å². The summed E-state index contributed by atoms with van der Waals surface area (Å²) in [6, 6.07) is 18.8. The van der Waals surface area contributed by atoms with Crippen LogP contribution in [0.3, 0.4) is 0 Å². The second-order valence-electron chi connectivity index (χ2n) is 10.7. The largest absolute Gasteiger partial charge is 0.491 e. The summed E-state index contributed by atoms with van der Waals surface area (Å²) in [5.74, 6) is 0.278. The van der Waals surface area contributed by atoms with Crippen molar-refractivity contribution >= 4 is 33.3 Å². The molecule has 0 aliphatic carbocycles.